The number of aliphatic hydroxyl groups excluding tert-OH is 1. The summed E-state index contributed by atoms with van der Waals surface area (Å²) >= 11 is 9.79. The zero-order valence-corrected chi connectivity index (χ0v) is 22.5. The molecule has 1 atom stereocenters. The Bertz CT molecular complexity index is 1130. The molecule has 0 saturated heterocycles. The van der Waals surface area contributed by atoms with E-state index in [4.69, 9.17) is 0 Å². The van der Waals surface area contributed by atoms with Crippen molar-refractivity contribution in [3.63, 3.8) is 0 Å². The van der Waals surface area contributed by atoms with Crippen LogP contribution in [0.25, 0.3) is 0 Å². The highest BCUT2D eigenvalue weighted by atomic mass is 79.9. The first-order chi connectivity index (χ1) is 14.8. The summed E-state index contributed by atoms with van der Waals surface area (Å²) < 4.78 is 13.7. The first-order valence-electron chi connectivity index (χ1n) is 9.75. The number of rotatable bonds is 6. The summed E-state index contributed by atoms with van der Waals surface area (Å²) in [4.78, 5) is 2.51. The molecule has 11 heteroatoms. The Balaban J connectivity index is 0.000000176. The number of halogens is 2. The molecule has 0 amide bonds. The van der Waals surface area contributed by atoms with Crippen LogP contribution in [0.5, 0.6) is 0 Å². The quantitative estimate of drug-likeness (QED) is 0.340. The van der Waals surface area contributed by atoms with Gasteiger partial charge in [-0.25, -0.2) is 0 Å². The van der Waals surface area contributed by atoms with Gasteiger partial charge < -0.3 is 5.11 Å². The molecule has 0 fully saturated rings. The first-order valence-corrected chi connectivity index (χ1v) is 12.9. The van der Waals surface area contributed by atoms with Crippen LogP contribution in [-0.4, -0.2) is 33.4 Å². The summed E-state index contributed by atoms with van der Waals surface area (Å²) in [5.74, 6) is 0. The third-order valence-corrected chi connectivity index (χ3v) is 7.69. The number of aliphatic hydroxyl groups is 1. The van der Waals surface area contributed by atoms with E-state index in [2.05, 4.69) is 70.7 Å². The summed E-state index contributed by atoms with van der Waals surface area (Å²) in [7, 11) is 3.74. The Morgan fingerprint density at radius 1 is 0.935 bits per heavy atom. The second-order valence-electron chi connectivity index (χ2n) is 6.96. The third-order valence-electron chi connectivity index (χ3n) is 4.49. The standard InChI is InChI=1S/C10H12BrN3OS.C10H12BrN3S/c1-3-6-4-8(13-16-6)9(15)7-5-14(2)12-10(7)11;1-3-9-5-8(13-15-9)4-7-6-14(2)12-10(7)11/h4-5,9,15H,3H2,1-2H3;5-6H,3-4H2,1-2H3. The number of nitrogens with zero attached hydrogens (tertiary/aromatic N) is 6. The molecule has 1 unspecified atom stereocenters. The molecule has 0 aliphatic carbocycles. The van der Waals surface area contributed by atoms with Crippen molar-refractivity contribution < 1.29 is 5.11 Å². The van der Waals surface area contributed by atoms with Gasteiger partial charge in [0.05, 0.1) is 11.4 Å². The summed E-state index contributed by atoms with van der Waals surface area (Å²) in [6.45, 7) is 4.22. The fourth-order valence-electron chi connectivity index (χ4n) is 2.88. The van der Waals surface area contributed by atoms with Crippen molar-refractivity contribution in [1.82, 2.24) is 28.3 Å². The third kappa shape index (κ3) is 6.32. The van der Waals surface area contributed by atoms with Gasteiger partial charge in [0.15, 0.2) is 0 Å². The summed E-state index contributed by atoms with van der Waals surface area (Å²) in [5.41, 5.74) is 3.75. The van der Waals surface area contributed by atoms with Crippen LogP contribution in [0.1, 0.15) is 52.2 Å². The highest BCUT2D eigenvalue weighted by Gasteiger charge is 2.19. The molecule has 4 aromatic rings. The Morgan fingerprint density at radius 2 is 1.55 bits per heavy atom. The fourth-order valence-corrected chi connectivity index (χ4v) is 5.29. The number of hydrogen-bond acceptors (Lipinski definition) is 7. The van der Waals surface area contributed by atoms with E-state index in [0.29, 0.717) is 10.3 Å². The van der Waals surface area contributed by atoms with E-state index in [1.165, 1.54) is 26.9 Å². The SMILES string of the molecule is CCc1cc(C(O)c2cn(C)nc2Br)ns1.CCc1cc(Cc2cn(C)nc2Br)ns1. The smallest absolute Gasteiger partial charge is 0.134 e. The van der Waals surface area contributed by atoms with Gasteiger partial charge in [-0.15, -0.1) is 0 Å². The van der Waals surface area contributed by atoms with Crippen LogP contribution in [0.4, 0.5) is 0 Å². The van der Waals surface area contributed by atoms with Gasteiger partial charge in [0.2, 0.25) is 0 Å². The summed E-state index contributed by atoms with van der Waals surface area (Å²) in [6.07, 6.45) is 5.96. The number of hydrogen-bond donors (Lipinski definition) is 1. The molecule has 0 aromatic carbocycles. The molecule has 0 saturated carbocycles. The van der Waals surface area contributed by atoms with Crippen LogP contribution in [0.3, 0.4) is 0 Å². The van der Waals surface area contributed by atoms with Gasteiger partial charge in [-0.1, -0.05) is 13.8 Å². The van der Waals surface area contributed by atoms with Gasteiger partial charge in [0.1, 0.15) is 15.3 Å². The van der Waals surface area contributed by atoms with Gasteiger partial charge >= 0.3 is 0 Å². The van der Waals surface area contributed by atoms with Gasteiger partial charge in [0, 0.05) is 53.8 Å². The summed E-state index contributed by atoms with van der Waals surface area (Å²) in [6, 6.07) is 4.11. The van der Waals surface area contributed by atoms with E-state index in [1.54, 1.807) is 22.4 Å². The van der Waals surface area contributed by atoms with Crippen molar-refractivity contribution in [3.8, 4) is 0 Å². The second kappa shape index (κ2) is 11.0. The molecule has 4 aromatic heterocycles. The van der Waals surface area contributed by atoms with Crippen LogP contribution in [0.2, 0.25) is 0 Å². The van der Waals surface area contributed by atoms with E-state index < -0.39 is 6.10 Å². The average molecular weight is 588 g/mol. The van der Waals surface area contributed by atoms with Gasteiger partial charge in [-0.2, -0.15) is 18.9 Å². The number of aromatic nitrogens is 6. The monoisotopic (exact) mass is 586 g/mol. The molecule has 166 valence electrons. The molecule has 0 aliphatic rings. The minimum absolute atomic E-state index is 0.661. The van der Waals surface area contributed by atoms with E-state index in [0.717, 1.165) is 35.1 Å². The lowest BCUT2D eigenvalue weighted by Gasteiger charge is -2.04. The van der Waals surface area contributed by atoms with Crippen molar-refractivity contribution in [3.05, 3.63) is 66.0 Å². The lowest BCUT2D eigenvalue weighted by molar-refractivity contribution is 0.215. The second-order valence-corrected chi connectivity index (χ2v) is 10.2. The molecule has 4 heterocycles. The lowest BCUT2D eigenvalue weighted by Crippen LogP contribution is -1.99. The van der Waals surface area contributed by atoms with Crippen LogP contribution >= 0.6 is 54.9 Å². The van der Waals surface area contributed by atoms with E-state index >= 15 is 0 Å². The van der Waals surface area contributed by atoms with Crippen LogP contribution in [0.15, 0.2) is 33.7 Å². The van der Waals surface area contributed by atoms with E-state index in [9.17, 15) is 5.11 Å². The highest BCUT2D eigenvalue weighted by molar-refractivity contribution is 9.10. The topological polar surface area (TPSA) is 81.6 Å². The Morgan fingerprint density at radius 3 is 2.06 bits per heavy atom. The minimum Gasteiger partial charge on any atom is -0.382 e. The Kier molecular flexibility index (Phi) is 8.57. The Hall–Kier alpha value is -1.40. The minimum atomic E-state index is -0.709. The molecule has 7 nitrogen and oxygen atoms in total. The zero-order valence-electron chi connectivity index (χ0n) is 17.7. The average Bonchev–Trinajstić information content (AvgIpc) is 3.51. The molecule has 1 N–H and O–H groups in total. The molecule has 4 rings (SSSR count). The van der Waals surface area contributed by atoms with E-state index in [-0.39, 0.29) is 0 Å². The normalized spacial score (nSPS) is 12.0. The van der Waals surface area contributed by atoms with Crippen molar-refractivity contribution in [2.45, 2.75) is 39.2 Å². The van der Waals surface area contributed by atoms with Crippen molar-refractivity contribution in [2.75, 3.05) is 0 Å². The molecule has 0 aliphatic heterocycles. The maximum Gasteiger partial charge on any atom is 0.134 e. The molecule has 0 radical (unpaired) electrons. The maximum atomic E-state index is 10.2. The molecular formula is C20H24Br2N6OS2. The van der Waals surface area contributed by atoms with Crippen molar-refractivity contribution in [1.29, 1.82) is 0 Å². The van der Waals surface area contributed by atoms with Crippen LogP contribution in [0, 0.1) is 0 Å². The predicted molar refractivity (Wildman–Crippen MR) is 132 cm³/mol. The number of aryl methyl sites for hydroxylation is 4. The zero-order chi connectivity index (χ0) is 22.5. The van der Waals surface area contributed by atoms with E-state index in [1.807, 2.05) is 31.0 Å². The maximum absolute atomic E-state index is 10.2. The van der Waals surface area contributed by atoms with Crippen LogP contribution < -0.4 is 0 Å². The highest BCUT2D eigenvalue weighted by Crippen LogP contribution is 2.28. The van der Waals surface area contributed by atoms with Gasteiger partial charge in [0.25, 0.3) is 0 Å². The van der Waals surface area contributed by atoms with Gasteiger partial charge in [-0.3, -0.25) is 9.36 Å². The van der Waals surface area contributed by atoms with Gasteiger partial charge in [-0.05, 0) is 79.9 Å². The van der Waals surface area contributed by atoms with Crippen molar-refractivity contribution in [2.24, 2.45) is 14.1 Å². The molecule has 0 bridgehead atoms. The van der Waals surface area contributed by atoms with Crippen LogP contribution in [-0.2, 0) is 33.4 Å². The predicted octanol–water partition coefficient (Wildman–Crippen LogP) is 5.08. The molecular weight excluding hydrogens is 564 g/mol. The molecule has 0 spiro atoms. The molecule has 31 heavy (non-hydrogen) atoms. The largest absolute Gasteiger partial charge is 0.382 e. The fraction of sp³-hybridized carbons (Fsp3) is 0.400. The first kappa shape index (κ1) is 24.2. The lowest BCUT2D eigenvalue weighted by atomic mass is 10.1. The summed E-state index contributed by atoms with van der Waals surface area (Å²) in [5, 5.41) is 18.5. The Labute approximate surface area is 206 Å². The van der Waals surface area contributed by atoms with Crippen molar-refractivity contribution >= 4 is 54.9 Å².